The van der Waals surface area contributed by atoms with Crippen LogP contribution in [0.2, 0.25) is 0 Å². The maximum absolute atomic E-state index is 13.5. The van der Waals surface area contributed by atoms with Gasteiger partial charge in [-0.3, -0.25) is 9.10 Å². The van der Waals surface area contributed by atoms with Crippen LogP contribution in [0.3, 0.4) is 0 Å². The fourth-order valence-electron chi connectivity index (χ4n) is 2.42. The molecular weight excluding hydrogens is 406 g/mol. The van der Waals surface area contributed by atoms with Gasteiger partial charge in [0.15, 0.2) is 0 Å². The van der Waals surface area contributed by atoms with Gasteiger partial charge in [0, 0.05) is 12.3 Å². The summed E-state index contributed by atoms with van der Waals surface area (Å²) in [5.74, 6) is -0.0372. The Hall–Kier alpha value is -2.13. The van der Waals surface area contributed by atoms with Crippen LogP contribution in [0.5, 0.6) is 0 Å². The van der Waals surface area contributed by atoms with Crippen molar-refractivity contribution in [2.24, 2.45) is 0 Å². The Bertz CT molecular complexity index is 908. The van der Waals surface area contributed by atoms with Crippen molar-refractivity contribution in [1.29, 1.82) is 0 Å². The average Bonchev–Trinajstić information content (AvgIpc) is 2.63. The minimum Gasteiger partial charge on any atom is -0.354 e. The summed E-state index contributed by atoms with van der Waals surface area (Å²) < 4.78 is 51.6. The molecule has 28 heavy (non-hydrogen) atoms. The number of nitrogens with one attached hydrogen (secondary N) is 1. The number of amides is 1. The second-order valence-corrected chi connectivity index (χ2v) is 9.11. The lowest BCUT2D eigenvalue weighted by molar-refractivity contribution is -0.119. The lowest BCUT2D eigenvalue weighted by atomic mass is 10.2. The number of halogens is 2. The number of nitrogens with zero attached hydrogens (tertiary/aromatic N) is 1. The molecule has 0 aliphatic rings. The summed E-state index contributed by atoms with van der Waals surface area (Å²) in [7, 11) is -3.74. The van der Waals surface area contributed by atoms with Gasteiger partial charge in [-0.25, -0.2) is 17.2 Å². The zero-order valence-corrected chi connectivity index (χ0v) is 17.0. The van der Waals surface area contributed by atoms with E-state index in [0.29, 0.717) is 30.0 Å². The van der Waals surface area contributed by atoms with Crippen LogP contribution in [0.15, 0.2) is 48.5 Å². The topological polar surface area (TPSA) is 66.5 Å². The van der Waals surface area contributed by atoms with E-state index in [-0.39, 0.29) is 11.5 Å². The quantitative estimate of drug-likeness (QED) is 0.591. The molecule has 0 aliphatic carbocycles. The number of carbonyl (C=O) groups excluding carboxylic acids is 1. The zero-order valence-electron chi connectivity index (χ0n) is 15.4. The average molecular weight is 429 g/mol. The van der Waals surface area contributed by atoms with Crippen molar-refractivity contribution in [3.8, 4) is 0 Å². The molecule has 152 valence electrons. The first-order valence-corrected chi connectivity index (χ1v) is 11.6. The molecule has 1 amide bonds. The highest BCUT2D eigenvalue weighted by Crippen LogP contribution is 2.18. The predicted octanol–water partition coefficient (Wildman–Crippen LogP) is 3.17. The summed E-state index contributed by atoms with van der Waals surface area (Å²) in [6, 6.07) is 11.6. The number of hydrogen-bond acceptors (Lipinski definition) is 4. The Balaban J connectivity index is 1.76. The molecular formula is C19H22F2N2O3S2. The van der Waals surface area contributed by atoms with Gasteiger partial charge in [0.05, 0.1) is 11.9 Å². The van der Waals surface area contributed by atoms with Crippen molar-refractivity contribution >= 4 is 33.4 Å². The number of carbonyl (C=O) groups is 1. The SMILES string of the molecule is CS(=O)(=O)N(CC(=O)NCCCSCc1ccccc1F)c1cccc(F)c1. The van der Waals surface area contributed by atoms with E-state index in [0.717, 1.165) is 16.6 Å². The molecule has 0 heterocycles. The second-order valence-electron chi connectivity index (χ2n) is 6.10. The predicted molar refractivity (Wildman–Crippen MR) is 109 cm³/mol. The smallest absolute Gasteiger partial charge is 0.240 e. The maximum Gasteiger partial charge on any atom is 0.240 e. The highest BCUT2D eigenvalue weighted by Gasteiger charge is 2.21. The van der Waals surface area contributed by atoms with Crippen LogP contribution in [0, 0.1) is 11.6 Å². The standard InChI is InChI=1S/C19H22F2N2O3S2/c1-28(25,26)23(17-8-4-7-16(20)12-17)13-19(24)22-10-5-11-27-14-15-6-2-3-9-18(15)21/h2-4,6-9,12H,5,10-11,13-14H2,1H3,(H,22,24). The molecule has 2 aromatic rings. The van der Waals surface area contributed by atoms with Crippen LogP contribution in [-0.2, 0) is 20.6 Å². The maximum atomic E-state index is 13.5. The Morgan fingerprint density at radius 3 is 2.57 bits per heavy atom. The molecule has 0 aromatic heterocycles. The summed E-state index contributed by atoms with van der Waals surface area (Å²) in [6.07, 6.45) is 1.62. The minimum atomic E-state index is -3.74. The van der Waals surface area contributed by atoms with Gasteiger partial charge in [-0.05, 0) is 42.0 Å². The van der Waals surface area contributed by atoms with Crippen molar-refractivity contribution in [3.63, 3.8) is 0 Å². The monoisotopic (exact) mass is 428 g/mol. The summed E-state index contributed by atoms with van der Waals surface area (Å²) in [5.41, 5.74) is 0.730. The molecule has 0 saturated heterocycles. The van der Waals surface area contributed by atoms with E-state index in [9.17, 15) is 22.0 Å². The molecule has 5 nitrogen and oxygen atoms in total. The lowest BCUT2D eigenvalue weighted by Crippen LogP contribution is -2.40. The van der Waals surface area contributed by atoms with Gasteiger partial charge >= 0.3 is 0 Å². The van der Waals surface area contributed by atoms with Gasteiger partial charge < -0.3 is 5.32 Å². The number of rotatable bonds is 10. The Labute approximate surface area is 168 Å². The Morgan fingerprint density at radius 1 is 1.14 bits per heavy atom. The fourth-order valence-corrected chi connectivity index (χ4v) is 4.21. The second kappa shape index (κ2) is 10.4. The summed E-state index contributed by atoms with van der Waals surface area (Å²) in [4.78, 5) is 12.1. The van der Waals surface area contributed by atoms with Crippen molar-refractivity contribution in [2.45, 2.75) is 12.2 Å². The van der Waals surface area contributed by atoms with E-state index < -0.39 is 28.3 Å². The summed E-state index contributed by atoms with van der Waals surface area (Å²) >= 11 is 1.55. The first-order valence-electron chi connectivity index (χ1n) is 8.58. The van der Waals surface area contributed by atoms with E-state index in [1.54, 1.807) is 30.0 Å². The number of benzene rings is 2. The molecule has 0 aliphatic heterocycles. The number of sulfonamides is 1. The molecule has 0 unspecified atom stereocenters. The van der Waals surface area contributed by atoms with Crippen LogP contribution in [0.25, 0.3) is 0 Å². The molecule has 2 rings (SSSR count). The van der Waals surface area contributed by atoms with E-state index in [1.807, 2.05) is 0 Å². The van der Waals surface area contributed by atoms with Gasteiger partial charge in [0.1, 0.15) is 18.2 Å². The fraction of sp³-hybridized carbons (Fsp3) is 0.316. The first-order chi connectivity index (χ1) is 13.3. The molecule has 9 heteroatoms. The van der Waals surface area contributed by atoms with Crippen LogP contribution in [0.4, 0.5) is 14.5 Å². The first kappa shape index (κ1) is 22.2. The van der Waals surface area contributed by atoms with Gasteiger partial charge in [0.2, 0.25) is 15.9 Å². The zero-order chi connectivity index (χ0) is 20.6. The largest absolute Gasteiger partial charge is 0.354 e. The Kier molecular flexibility index (Phi) is 8.25. The third-order valence-corrected chi connectivity index (χ3v) is 6.02. The number of thioether (sulfide) groups is 1. The van der Waals surface area contributed by atoms with Crippen LogP contribution >= 0.6 is 11.8 Å². The lowest BCUT2D eigenvalue weighted by Gasteiger charge is -2.21. The van der Waals surface area contributed by atoms with Crippen molar-refractivity contribution in [1.82, 2.24) is 5.32 Å². The van der Waals surface area contributed by atoms with E-state index in [4.69, 9.17) is 0 Å². The summed E-state index contributed by atoms with van der Waals surface area (Å²) in [6.45, 7) is -0.0610. The van der Waals surface area contributed by atoms with Gasteiger partial charge in [-0.1, -0.05) is 24.3 Å². The highest BCUT2D eigenvalue weighted by atomic mass is 32.2. The number of anilines is 1. The molecule has 1 N–H and O–H groups in total. The Morgan fingerprint density at radius 2 is 1.89 bits per heavy atom. The van der Waals surface area contributed by atoms with Crippen LogP contribution in [-0.4, -0.2) is 39.4 Å². The molecule has 0 atom stereocenters. The molecule has 0 bridgehead atoms. The number of hydrogen-bond donors (Lipinski definition) is 1. The minimum absolute atomic E-state index is 0.0955. The van der Waals surface area contributed by atoms with Crippen molar-refractivity contribution in [3.05, 3.63) is 65.7 Å². The van der Waals surface area contributed by atoms with E-state index >= 15 is 0 Å². The summed E-state index contributed by atoms with van der Waals surface area (Å²) in [5, 5.41) is 2.65. The molecule has 0 fully saturated rings. The van der Waals surface area contributed by atoms with Crippen LogP contribution < -0.4 is 9.62 Å². The van der Waals surface area contributed by atoms with Crippen molar-refractivity contribution < 1.29 is 22.0 Å². The third-order valence-electron chi connectivity index (χ3n) is 3.79. The van der Waals surface area contributed by atoms with Crippen LogP contribution in [0.1, 0.15) is 12.0 Å². The molecule has 2 aromatic carbocycles. The highest BCUT2D eigenvalue weighted by molar-refractivity contribution is 7.98. The third kappa shape index (κ3) is 7.12. The molecule has 0 radical (unpaired) electrons. The van der Waals surface area contributed by atoms with E-state index in [1.165, 1.54) is 24.3 Å². The molecule has 0 spiro atoms. The van der Waals surface area contributed by atoms with Gasteiger partial charge in [-0.15, -0.1) is 0 Å². The van der Waals surface area contributed by atoms with E-state index in [2.05, 4.69) is 5.32 Å². The van der Waals surface area contributed by atoms with Gasteiger partial charge in [0.25, 0.3) is 0 Å². The van der Waals surface area contributed by atoms with Gasteiger partial charge in [-0.2, -0.15) is 11.8 Å². The normalized spacial score (nSPS) is 11.2. The van der Waals surface area contributed by atoms with Crippen molar-refractivity contribution in [2.75, 3.05) is 29.4 Å². The molecule has 0 saturated carbocycles.